The molecule has 1 aromatic rings. The van der Waals surface area contributed by atoms with Crippen molar-refractivity contribution >= 4 is 46.6 Å². The minimum absolute atomic E-state index is 0. The van der Waals surface area contributed by atoms with E-state index in [0.29, 0.717) is 0 Å². The number of piperazine rings is 1. The van der Waals surface area contributed by atoms with Gasteiger partial charge < -0.3 is 15.1 Å². The predicted molar refractivity (Wildman–Crippen MR) is 107 cm³/mol. The van der Waals surface area contributed by atoms with Crippen LogP contribution in [0, 0.1) is 11.8 Å². The molecule has 1 saturated heterocycles. The molecule has 1 aromatic heterocycles. The van der Waals surface area contributed by atoms with Gasteiger partial charge in [-0.2, -0.15) is 4.37 Å². The number of nitrogens with one attached hydrogen (secondary N) is 1. The molecule has 0 bridgehead atoms. The lowest BCUT2D eigenvalue weighted by molar-refractivity contribution is 0.371. The lowest BCUT2D eigenvalue weighted by Gasteiger charge is -2.36. The van der Waals surface area contributed by atoms with Gasteiger partial charge in [0.2, 0.25) is 5.13 Å². The molecule has 8 heteroatoms. The number of hydrogen-bond acceptors (Lipinski definition) is 5. The van der Waals surface area contributed by atoms with Gasteiger partial charge in [0.15, 0.2) is 5.96 Å². The smallest absolute Gasteiger partial charge is 0.205 e. The summed E-state index contributed by atoms with van der Waals surface area (Å²) in [6.45, 7) is 9.42. The summed E-state index contributed by atoms with van der Waals surface area (Å²) in [7, 11) is 1.88. The highest BCUT2D eigenvalue weighted by atomic mass is 127. The van der Waals surface area contributed by atoms with Crippen LogP contribution in [0.5, 0.6) is 0 Å². The van der Waals surface area contributed by atoms with Crippen molar-refractivity contribution in [2.75, 3.05) is 44.7 Å². The van der Waals surface area contributed by atoms with Crippen LogP contribution in [0.3, 0.4) is 0 Å². The van der Waals surface area contributed by atoms with E-state index < -0.39 is 0 Å². The van der Waals surface area contributed by atoms with Gasteiger partial charge in [0.05, 0.1) is 0 Å². The first-order chi connectivity index (χ1) is 10.7. The second-order valence-corrected chi connectivity index (χ2v) is 6.95. The van der Waals surface area contributed by atoms with Crippen molar-refractivity contribution in [1.29, 1.82) is 0 Å². The number of aryl methyl sites for hydroxylation is 1. The molecule has 1 aliphatic heterocycles. The molecule has 23 heavy (non-hydrogen) atoms. The van der Waals surface area contributed by atoms with E-state index in [1.807, 2.05) is 7.05 Å². The van der Waals surface area contributed by atoms with Crippen molar-refractivity contribution in [2.45, 2.75) is 26.7 Å². The third-order valence-electron chi connectivity index (χ3n) is 4.63. The molecule has 1 N–H and O–H groups in total. The molecule has 1 aliphatic carbocycles. The Labute approximate surface area is 159 Å². The molecule has 0 spiro atoms. The Morgan fingerprint density at radius 2 is 2.04 bits per heavy atom. The first-order valence-corrected chi connectivity index (χ1v) is 9.01. The van der Waals surface area contributed by atoms with E-state index in [1.54, 1.807) is 0 Å². The third kappa shape index (κ3) is 4.68. The van der Waals surface area contributed by atoms with Gasteiger partial charge >= 0.3 is 0 Å². The maximum atomic E-state index is 4.59. The van der Waals surface area contributed by atoms with Crippen LogP contribution in [0.2, 0.25) is 0 Å². The van der Waals surface area contributed by atoms with E-state index in [0.717, 1.165) is 67.9 Å². The fourth-order valence-corrected chi connectivity index (χ4v) is 3.67. The van der Waals surface area contributed by atoms with Crippen molar-refractivity contribution in [2.24, 2.45) is 16.8 Å². The topological polar surface area (TPSA) is 56.7 Å². The zero-order valence-corrected chi connectivity index (χ0v) is 17.3. The third-order valence-corrected chi connectivity index (χ3v) is 5.45. The van der Waals surface area contributed by atoms with Gasteiger partial charge in [-0.15, -0.1) is 24.0 Å². The van der Waals surface area contributed by atoms with E-state index in [4.69, 9.17) is 0 Å². The number of hydrogen-bond donors (Lipinski definition) is 1. The quantitative estimate of drug-likeness (QED) is 0.433. The fourth-order valence-electron chi connectivity index (χ4n) is 2.86. The second kappa shape index (κ2) is 8.46. The minimum atomic E-state index is 0. The first kappa shape index (κ1) is 18.7. The van der Waals surface area contributed by atoms with Gasteiger partial charge in [-0.1, -0.05) is 13.8 Å². The minimum Gasteiger partial charge on any atom is -0.356 e. The number of aromatic nitrogens is 2. The number of aliphatic imine (C=N–C) groups is 1. The lowest BCUT2D eigenvalue weighted by atomic mass is 10.3. The normalized spacial score (nSPS) is 24.4. The van der Waals surface area contributed by atoms with Crippen molar-refractivity contribution in [3.05, 3.63) is 5.82 Å². The zero-order chi connectivity index (χ0) is 15.5. The molecule has 130 valence electrons. The Kier molecular flexibility index (Phi) is 6.87. The first-order valence-electron chi connectivity index (χ1n) is 8.24. The molecule has 0 aromatic carbocycles. The summed E-state index contributed by atoms with van der Waals surface area (Å²) in [5.41, 5.74) is 0. The lowest BCUT2D eigenvalue weighted by Crippen LogP contribution is -2.52. The Bertz CT molecular complexity index is 526. The largest absolute Gasteiger partial charge is 0.356 e. The van der Waals surface area contributed by atoms with Gasteiger partial charge in [0.25, 0.3) is 0 Å². The van der Waals surface area contributed by atoms with Crippen LogP contribution in [0.25, 0.3) is 0 Å². The van der Waals surface area contributed by atoms with Crippen LogP contribution in [0.4, 0.5) is 5.13 Å². The maximum absolute atomic E-state index is 4.59. The Balaban J connectivity index is 0.00000192. The summed E-state index contributed by atoms with van der Waals surface area (Å²) in [5, 5.41) is 4.59. The molecule has 6 nitrogen and oxygen atoms in total. The van der Waals surface area contributed by atoms with Crippen LogP contribution in [-0.2, 0) is 6.42 Å². The highest BCUT2D eigenvalue weighted by Crippen LogP contribution is 2.36. The van der Waals surface area contributed by atoms with Gasteiger partial charge in [-0.25, -0.2) is 4.98 Å². The molecule has 2 aliphatic rings. The van der Waals surface area contributed by atoms with E-state index in [2.05, 4.69) is 43.3 Å². The van der Waals surface area contributed by atoms with Crippen molar-refractivity contribution < 1.29 is 0 Å². The number of guanidine groups is 1. The van der Waals surface area contributed by atoms with Crippen LogP contribution >= 0.6 is 35.5 Å². The van der Waals surface area contributed by atoms with Crippen molar-refractivity contribution in [3.8, 4) is 0 Å². The molecule has 1 saturated carbocycles. The Morgan fingerprint density at radius 1 is 1.35 bits per heavy atom. The molecule has 2 heterocycles. The molecule has 2 fully saturated rings. The molecule has 0 radical (unpaired) electrons. The average Bonchev–Trinajstić information content (AvgIpc) is 3.06. The van der Waals surface area contributed by atoms with Gasteiger partial charge in [-0.05, 0) is 18.3 Å². The van der Waals surface area contributed by atoms with Gasteiger partial charge in [0, 0.05) is 57.7 Å². The molecule has 0 amide bonds. The molecule has 2 atom stereocenters. The highest BCUT2D eigenvalue weighted by molar-refractivity contribution is 14.0. The summed E-state index contributed by atoms with van der Waals surface area (Å²) < 4.78 is 4.38. The van der Waals surface area contributed by atoms with Gasteiger partial charge in [0.1, 0.15) is 5.82 Å². The van der Waals surface area contributed by atoms with E-state index in [9.17, 15) is 0 Å². The van der Waals surface area contributed by atoms with Crippen LogP contribution in [0.1, 0.15) is 26.1 Å². The standard InChI is InChI=1S/C15H26N6S.HI/c1-4-13-18-15(22-19-13)21-7-5-20(6-8-21)14(16-3)17-10-12-9-11(12)2;/h11-12H,4-10H2,1-3H3,(H,16,17);1H. The Hall–Kier alpha value is -0.640. The van der Waals surface area contributed by atoms with E-state index in [-0.39, 0.29) is 24.0 Å². The monoisotopic (exact) mass is 450 g/mol. The van der Waals surface area contributed by atoms with Crippen molar-refractivity contribution in [3.63, 3.8) is 0 Å². The summed E-state index contributed by atoms with van der Waals surface area (Å²) in [4.78, 5) is 13.7. The molecular formula is C15H27IN6S. The number of anilines is 1. The van der Waals surface area contributed by atoms with E-state index in [1.165, 1.54) is 18.0 Å². The summed E-state index contributed by atoms with van der Waals surface area (Å²) >= 11 is 1.52. The van der Waals surface area contributed by atoms with Crippen molar-refractivity contribution in [1.82, 2.24) is 19.6 Å². The summed E-state index contributed by atoms with van der Waals surface area (Å²) in [6.07, 6.45) is 2.27. The van der Waals surface area contributed by atoms with E-state index >= 15 is 0 Å². The number of rotatable bonds is 4. The number of halogens is 1. The fraction of sp³-hybridized carbons (Fsp3) is 0.800. The molecule has 2 unspecified atom stereocenters. The highest BCUT2D eigenvalue weighted by Gasteiger charge is 2.32. The van der Waals surface area contributed by atoms with Crippen LogP contribution < -0.4 is 10.2 Å². The summed E-state index contributed by atoms with van der Waals surface area (Å²) in [5.74, 6) is 3.73. The summed E-state index contributed by atoms with van der Waals surface area (Å²) in [6, 6.07) is 0. The average molecular weight is 450 g/mol. The maximum Gasteiger partial charge on any atom is 0.205 e. The van der Waals surface area contributed by atoms with Crippen LogP contribution in [-0.4, -0.2) is 60.0 Å². The Morgan fingerprint density at radius 3 is 2.57 bits per heavy atom. The predicted octanol–water partition coefficient (Wildman–Crippen LogP) is 2.07. The zero-order valence-electron chi connectivity index (χ0n) is 14.2. The SMILES string of the molecule is CCc1nsc(N2CCN(C(=NC)NCC3CC3C)CC2)n1.I. The van der Waals surface area contributed by atoms with Crippen LogP contribution in [0.15, 0.2) is 4.99 Å². The molecule has 3 rings (SSSR count). The molecular weight excluding hydrogens is 423 g/mol. The number of nitrogens with zero attached hydrogens (tertiary/aromatic N) is 5. The second-order valence-electron chi connectivity index (χ2n) is 6.22. The van der Waals surface area contributed by atoms with Gasteiger partial charge in [-0.3, -0.25) is 4.99 Å².